The van der Waals surface area contributed by atoms with Gasteiger partial charge in [-0.05, 0) is 47.2 Å². The van der Waals surface area contributed by atoms with Gasteiger partial charge in [-0.15, -0.1) is 5.10 Å². The largest absolute Gasteiger partial charge is 0.478 e. The quantitative estimate of drug-likeness (QED) is 0.933. The fourth-order valence-electron chi connectivity index (χ4n) is 1.70. The Hall–Kier alpha value is -1.60. The highest BCUT2D eigenvalue weighted by molar-refractivity contribution is 7.99. The highest BCUT2D eigenvalue weighted by Gasteiger charge is 2.28. The van der Waals surface area contributed by atoms with E-state index in [9.17, 15) is 9.90 Å². The molecule has 1 aromatic carbocycles. The van der Waals surface area contributed by atoms with Gasteiger partial charge in [0.1, 0.15) is 0 Å². The summed E-state index contributed by atoms with van der Waals surface area (Å²) in [5.74, 6) is -1.06. The zero-order valence-electron chi connectivity index (χ0n) is 9.65. The van der Waals surface area contributed by atoms with Gasteiger partial charge in [0, 0.05) is 4.90 Å². The van der Waals surface area contributed by atoms with Crippen LogP contribution in [0.1, 0.15) is 29.2 Å². The Labute approximate surface area is 117 Å². The molecular formula is C11H9ClN4O2S. The lowest BCUT2D eigenvalue weighted by Crippen LogP contribution is -2.02. The van der Waals surface area contributed by atoms with Crippen LogP contribution in [0.4, 0.5) is 0 Å². The van der Waals surface area contributed by atoms with E-state index >= 15 is 0 Å². The Bertz CT molecular complexity index is 641. The predicted molar refractivity (Wildman–Crippen MR) is 68.6 cm³/mol. The van der Waals surface area contributed by atoms with E-state index in [0.717, 1.165) is 12.8 Å². The number of aromatic carboxylic acids is 1. The fourth-order valence-corrected chi connectivity index (χ4v) is 3.01. The Morgan fingerprint density at radius 2 is 2.26 bits per heavy atom. The molecule has 1 saturated carbocycles. The van der Waals surface area contributed by atoms with Crippen LogP contribution in [-0.4, -0.2) is 31.3 Å². The normalized spacial score (nSPS) is 14.6. The summed E-state index contributed by atoms with van der Waals surface area (Å²) in [6, 6.07) is 5.30. The molecule has 2 aromatic rings. The first-order valence-corrected chi connectivity index (χ1v) is 6.84. The van der Waals surface area contributed by atoms with Gasteiger partial charge in [0.15, 0.2) is 0 Å². The summed E-state index contributed by atoms with van der Waals surface area (Å²) >= 11 is 7.15. The van der Waals surface area contributed by atoms with Crippen molar-refractivity contribution < 1.29 is 9.90 Å². The van der Waals surface area contributed by atoms with E-state index < -0.39 is 5.97 Å². The highest BCUT2D eigenvalue weighted by Crippen LogP contribution is 2.39. The first-order chi connectivity index (χ1) is 9.16. The van der Waals surface area contributed by atoms with Crippen LogP contribution in [0.15, 0.2) is 28.3 Å². The number of hydrogen-bond acceptors (Lipinski definition) is 5. The molecule has 19 heavy (non-hydrogen) atoms. The zero-order chi connectivity index (χ0) is 13.4. The van der Waals surface area contributed by atoms with Crippen molar-refractivity contribution in [2.75, 3.05) is 0 Å². The third-order valence-corrected chi connectivity index (χ3v) is 4.07. The minimum absolute atomic E-state index is 0.0829. The third kappa shape index (κ3) is 2.43. The number of rotatable bonds is 4. The SMILES string of the molecule is O=C(O)c1c(Cl)cccc1Sc1nnnn1C1CC1. The number of carbonyl (C=O) groups is 1. The van der Waals surface area contributed by atoms with Gasteiger partial charge in [0.25, 0.3) is 0 Å². The molecule has 0 saturated heterocycles. The molecule has 1 fully saturated rings. The van der Waals surface area contributed by atoms with Gasteiger partial charge in [-0.1, -0.05) is 17.7 Å². The molecule has 0 amide bonds. The number of benzene rings is 1. The number of hydrogen-bond donors (Lipinski definition) is 1. The Kier molecular flexibility index (Phi) is 3.16. The molecule has 0 atom stereocenters. The van der Waals surface area contributed by atoms with E-state index in [1.54, 1.807) is 22.9 Å². The molecule has 0 aliphatic heterocycles. The summed E-state index contributed by atoms with van der Waals surface area (Å²) in [7, 11) is 0. The monoisotopic (exact) mass is 296 g/mol. The van der Waals surface area contributed by atoms with Crippen molar-refractivity contribution in [1.82, 2.24) is 20.2 Å². The van der Waals surface area contributed by atoms with Crippen molar-refractivity contribution in [2.24, 2.45) is 0 Å². The van der Waals surface area contributed by atoms with Crippen LogP contribution in [0, 0.1) is 0 Å². The first kappa shape index (κ1) is 12.4. The average molecular weight is 297 g/mol. The molecular weight excluding hydrogens is 288 g/mol. The second-order valence-corrected chi connectivity index (χ2v) is 5.57. The van der Waals surface area contributed by atoms with Gasteiger partial charge >= 0.3 is 5.97 Å². The average Bonchev–Trinajstić information content (AvgIpc) is 3.10. The smallest absolute Gasteiger partial charge is 0.338 e. The van der Waals surface area contributed by atoms with Crippen LogP contribution in [-0.2, 0) is 0 Å². The van der Waals surface area contributed by atoms with Gasteiger partial charge in [0.05, 0.1) is 16.6 Å². The minimum atomic E-state index is -1.06. The summed E-state index contributed by atoms with van der Waals surface area (Å²) in [5.41, 5.74) is 0.0829. The number of tetrazole rings is 1. The van der Waals surface area contributed by atoms with Crippen molar-refractivity contribution in [3.63, 3.8) is 0 Å². The molecule has 8 heteroatoms. The molecule has 1 heterocycles. The third-order valence-electron chi connectivity index (χ3n) is 2.75. The van der Waals surface area contributed by atoms with Crippen LogP contribution < -0.4 is 0 Å². The lowest BCUT2D eigenvalue weighted by atomic mass is 10.2. The molecule has 6 nitrogen and oxygen atoms in total. The van der Waals surface area contributed by atoms with E-state index in [4.69, 9.17) is 11.6 Å². The van der Waals surface area contributed by atoms with Crippen LogP contribution in [0.25, 0.3) is 0 Å². The Morgan fingerprint density at radius 1 is 1.47 bits per heavy atom. The zero-order valence-corrected chi connectivity index (χ0v) is 11.2. The predicted octanol–water partition coefficient (Wildman–Crippen LogP) is 2.51. The van der Waals surface area contributed by atoms with Gasteiger partial charge in [-0.25, -0.2) is 9.48 Å². The molecule has 3 rings (SSSR count). The van der Waals surface area contributed by atoms with Crippen molar-refractivity contribution in [3.05, 3.63) is 28.8 Å². The Morgan fingerprint density at radius 3 is 2.95 bits per heavy atom. The molecule has 0 radical (unpaired) electrons. The topological polar surface area (TPSA) is 80.9 Å². The summed E-state index contributed by atoms with van der Waals surface area (Å²) in [6.45, 7) is 0. The van der Waals surface area contributed by atoms with E-state index in [1.165, 1.54) is 11.8 Å². The molecule has 98 valence electrons. The molecule has 1 aliphatic rings. The summed E-state index contributed by atoms with van der Waals surface area (Å²) in [4.78, 5) is 11.8. The van der Waals surface area contributed by atoms with Crippen molar-refractivity contribution >= 4 is 29.3 Å². The van der Waals surface area contributed by atoms with Gasteiger partial charge in [-0.2, -0.15) is 0 Å². The van der Waals surface area contributed by atoms with Gasteiger partial charge < -0.3 is 5.11 Å². The maximum atomic E-state index is 11.2. The second kappa shape index (κ2) is 4.82. The van der Waals surface area contributed by atoms with E-state index in [2.05, 4.69) is 15.5 Å². The lowest BCUT2D eigenvalue weighted by Gasteiger charge is -2.06. The standard InChI is InChI=1S/C11H9ClN4O2S/c12-7-2-1-3-8(9(7)10(17)18)19-11-13-14-15-16(11)6-4-5-6/h1-3,6H,4-5H2,(H,17,18). The first-order valence-electron chi connectivity index (χ1n) is 5.64. The fraction of sp³-hybridized carbons (Fsp3) is 0.273. The molecule has 1 N–H and O–H groups in total. The van der Waals surface area contributed by atoms with Crippen LogP contribution in [0.3, 0.4) is 0 Å². The summed E-state index contributed by atoms with van der Waals surface area (Å²) < 4.78 is 1.73. The number of carboxylic acids is 1. The molecule has 0 spiro atoms. The van der Waals surface area contributed by atoms with E-state index in [1.807, 2.05) is 0 Å². The number of nitrogens with zero attached hydrogens (tertiary/aromatic N) is 4. The van der Waals surface area contributed by atoms with Gasteiger partial charge in [-0.3, -0.25) is 0 Å². The minimum Gasteiger partial charge on any atom is -0.478 e. The van der Waals surface area contributed by atoms with Crippen molar-refractivity contribution in [1.29, 1.82) is 0 Å². The summed E-state index contributed by atoms with van der Waals surface area (Å²) in [5, 5.41) is 21.5. The molecule has 1 aromatic heterocycles. The van der Waals surface area contributed by atoms with E-state index in [0.29, 0.717) is 16.1 Å². The summed E-state index contributed by atoms with van der Waals surface area (Å²) in [6.07, 6.45) is 2.11. The van der Waals surface area contributed by atoms with E-state index in [-0.39, 0.29) is 10.6 Å². The highest BCUT2D eigenvalue weighted by atomic mass is 35.5. The Balaban J connectivity index is 1.97. The maximum Gasteiger partial charge on any atom is 0.338 e. The maximum absolute atomic E-state index is 11.2. The van der Waals surface area contributed by atoms with Crippen LogP contribution in [0.2, 0.25) is 5.02 Å². The van der Waals surface area contributed by atoms with Crippen LogP contribution in [0.5, 0.6) is 0 Å². The number of aromatic nitrogens is 4. The van der Waals surface area contributed by atoms with Crippen molar-refractivity contribution in [2.45, 2.75) is 28.9 Å². The lowest BCUT2D eigenvalue weighted by molar-refractivity contribution is 0.0693. The molecule has 0 unspecified atom stereocenters. The van der Waals surface area contributed by atoms with Crippen LogP contribution >= 0.6 is 23.4 Å². The molecule has 1 aliphatic carbocycles. The van der Waals surface area contributed by atoms with Crippen molar-refractivity contribution in [3.8, 4) is 0 Å². The molecule has 0 bridgehead atoms. The second-order valence-electron chi connectivity index (χ2n) is 4.16. The number of halogens is 1. The van der Waals surface area contributed by atoms with Gasteiger partial charge in [0.2, 0.25) is 5.16 Å². The number of carboxylic acid groups (broad SMARTS) is 1.